The molecule has 0 aromatic heterocycles. The summed E-state index contributed by atoms with van der Waals surface area (Å²) in [6.07, 6.45) is 0.520. The van der Waals surface area contributed by atoms with E-state index in [4.69, 9.17) is 0 Å². The first-order valence-electron chi connectivity index (χ1n) is 6.56. The first-order valence-corrected chi connectivity index (χ1v) is 6.56. The molecule has 2 N–H and O–H groups in total. The van der Waals surface area contributed by atoms with Gasteiger partial charge in [-0.1, -0.05) is 12.8 Å². The largest absolute Gasteiger partial charge is 0.404 e. The van der Waals surface area contributed by atoms with Crippen molar-refractivity contribution in [3.8, 4) is 0 Å². The molecular weight excluding hydrogens is 245 g/mol. The molecule has 3 nitrogen and oxygen atoms in total. The number of hydrogen-bond acceptors (Lipinski definition) is 2. The Morgan fingerprint density at radius 3 is 2.28 bits per heavy atom. The molecule has 0 aromatic carbocycles. The monoisotopic (exact) mass is 264 g/mol. The predicted octanol–water partition coefficient (Wildman–Crippen LogP) is 1.98. The molecule has 1 atom stereocenters. The molecule has 104 valence electrons. The first kappa shape index (κ1) is 13.6. The van der Waals surface area contributed by atoms with Crippen molar-refractivity contribution in [3.05, 3.63) is 0 Å². The highest BCUT2D eigenvalue weighted by Gasteiger charge is 2.45. The minimum Gasteiger partial charge on any atom is -0.352 e. The van der Waals surface area contributed by atoms with E-state index in [1.807, 2.05) is 0 Å². The summed E-state index contributed by atoms with van der Waals surface area (Å²) in [4.78, 5) is 11.4. The fourth-order valence-corrected chi connectivity index (χ4v) is 2.55. The normalized spacial score (nSPS) is 23.1. The lowest BCUT2D eigenvalue weighted by Gasteiger charge is -2.26. The molecule has 0 bridgehead atoms. The van der Waals surface area contributed by atoms with Gasteiger partial charge >= 0.3 is 6.18 Å². The van der Waals surface area contributed by atoms with Gasteiger partial charge in [0.25, 0.3) is 0 Å². The van der Waals surface area contributed by atoms with Crippen molar-refractivity contribution in [3.63, 3.8) is 0 Å². The molecule has 2 rings (SSSR count). The van der Waals surface area contributed by atoms with Crippen molar-refractivity contribution in [1.29, 1.82) is 0 Å². The van der Waals surface area contributed by atoms with E-state index in [1.54, 1.807) is 0 Å². The third-order valence-electron chi connectivity index (χ3n) is 3.65. The molecule has 0 radical (unpaired) electrons. The van der Waals surface area contributed by atoms with Gasteiger partial charge in [-0.25, -0.2) is 0 Å². The van der Waals surface area contributed by atoms with E-state index in [0.29, 0.717) is 12.8 Å². The van der Waals surface area contributed by atoms with Gasteiger partial charge in [0.15, 0.2) is 0 Å². The fraction of sp³-hybridized carbons (Fsp3) is 0.917. The van der Waals surface area contributed by atoms with Crippen LogP contribution < -0.4 is 10.6 Å². The smallest absolute Gasteiger partial charge is 0.352 e. The highest BCUT2D eigenvalue weighted by molar-refractivity contribution is 5.78. The third kappa shape index (κ3) is 3.86. The summed E-state index contributed by atoms with van der Waals surface area (Å²) >= 11 is 0. The molecule has 6 heteroatoms. The van der Waals surface area contributed by atoms with Crippen LogP contribution in [0.15, 0.2) is 0 Å². The maximum absolute atomic E-state index is 12.9. The Hall–Kier alpha value is -0.780. The lowest BCUT2D eigenvalue weighted by molar-refractivity contribution is -0.167. The van der Waals surface area contributed by atoms with Crippen LogP contribution in [0.2, 0.25) is 0 Å². The molecule has 18 heavy (non-hydrogen) atoms. The van der Waals surface area contributed by atoms with Gasteiger partial charge < -0.3 is 5.32 Å². The number of halogens is 3. The number of rotatable bonds is 5. The number of alkyl halides is 3. The van der Waals surface area contributed by atoms with Crippen LogP contribution in [-0.2, 0) is 4.79 Å². The van der Waals surface area contributed by atoms with E-state index >= 15 is 0 Å². The summed E-state index contributed by atoms with van der Waals surface area (Å²) in [5, 5.41) is 5.08. The average Bonchev–Trinajstić information content (AvgIpc) is 2.91. The predicted molar refractivity (Wildman–Crippen MR) is 61.0 cm³/mol. The van der Waals surface area contributed by atoms with Crippen LogP contribution in [0.4, 0.5) is 13.2 Å². The summed E-state index contributed by atoms with van der Waals surface area (Å²) in [7, 11) is 0. The van der Waals surface area contributed by atoms with Crippen LogP contribution in [0.1, 0.15) is 38.5 Å². The molecule has 0 heterocycles. The number of hydrogen-bond donors (Lipinski definition) is 2. The SMILES string of the molecule is O=C(CN[C@@H](C1CCCC1)C(F)(F)F)NC1CC1. The van der Waals surface area contributed by atoms with Crippen LogP contribution in [0, 0.1) is 5.92 Å². The number of carbonyl (C=O) groups excluding carboxylic acids is 1. The standard InChI is InChI=1S/C12H19F3N2O/c13-12(14,15)11(8-3-1-2-4-8)16-7-10(18)17-9-5-6-9/h8-9,11,16H,1-7H2,(H,17,18)/t11-/m0/s1. The topological polar surface area (TPSA) is 41.1 Å². The Balaban J connectivity index is 1.82. The van der Waals surface area contributed by atoms with Gasteiger partial charge in [-0.05, 0) is 31.6 Å². The molecule has 0 spiro atoms. The van der Waals surface area contributed by atoms with Gasteiger partial charge in [0.2, 0.25) is 5.91 Å². The molecule has 2 saturated carbocycles. The minimum absolute atomic E-state index is 0.190. The lowest BCUT2D eigenvalue weighted by atomic mass is 9.97. The van der Waals surface area contributed by atoms with Crippen molar-refractivity contribution in [1.82, 2.24) is 10.6 Å². The highest BCUT2D eigenvalue weighted by Crippen LogP contribution is 2.35. The summed E-state index contributed by atoms with van der Waals surface area (Å²) in [5.74, 6) is -0.705. The van der Waals surface area contributed by atoms with E-state index in [2.05, 4.69) is 10.6 Å². The van der Waals surface area contributed by atoms with E-state index in [0.717, 1.165) is 25.7 Å². The van der Waals surface area contributed by atoms with Crippen molar-refractivity contribution in [2.45, 2.75) is 56.8 Å². The Morgan fingerprint density at radius 1 is 1.17 bits per heavy atom. The van der Waals surface area contributed by atoms with Crippen LogP contribution in [-0.4, -0.2) is 30.7 Å². The molecule has 0 aliphatic heterocycles. The summed E-state index contributed by atoms with van der Waals surface area (Å²) in [6.45, 7) is -0.239. The van der Waals surface area contributed by atoms with Crippen molar-refractivity contribution in [2.24, 2.45) is 5.92 Å². The number of carbonyl (C=O) groups is 1. The second kappa shape index (κ2) is 5.47. The molecule has 1 amide bonds. The van der Waals surface area contributed by atoms with Gasteiger partial charge in [0.05, 0.1) is 6.54 Å². The van der Waals surface area contributed by atoms with E-state index in [9.17, 15) is 18.0 Å². The molecule has 0 aromatic rings. The number of amides is 1. The van der Waals surface area contributed by atoms with Gasteiger partial charge in [0.1, 0.15) is 6.04 Å². The summed E-state index contributed by atoms with van der Waals surface area (Å²) in [5.41, 5.74) is 0. The van der Waals surface area contributed by atoms with Crippen LogP contribution in [0.3, 0.4) is 0 Å². The molecule has 0 unspecified atom stereocenters. The van der Waals surface area contributed by atoms with E-state index in [-0.39, 0.29) is 24.4 Å². The van der Waals surface area contributed by atoms with E-state index in [1.165, 1.54) is 0 Å². The maximum atomic E-state index is 12.9. The molecule has 2 aliphatic carbocycles. The maximum Gasteiger partial charge on any atom is 0.404 e. The highest BCUT2D eigenvalue weighted by atomic mass is 19.4. The average molecular weight is 264 g/mol. The molecular formula is C12H19F3N2O. The quantitative estimate of drug-likeness (QED) is 0.797. The Bertz CT molecular complexity index is 296. The molecule has 2 fully saturated rings. The second-order valence-electron chi connectivity index (χ2n) is 5.29. The summed E-state index contributed by atoms with van der Waals surface area (Å²) < 4.78 is 38.7. The zero-order chi connectivity index (χ0) is 13.2. The zero-order valence-electron chi connectivity index (χ0n) is 10.2. The van der Waals surface area contributed by atoms with Crippen molar-refractivity contribution in [2.75, 3.05) is 6.54 Å². The number of nitrogens with one attached hydrogen (secondary N) is 2. The van der Waals surface area contributed by atoms with Crippen molar-refractivity contribution < 1.29 is 18.0 Å². The van der Waals surface area contributed by atoms with Crippen molar-refractivity contribution >= 4 is 5.91 Å². The zero-order valence-corrected chi connectivity index (χ0v) is 10.2. The fourth-order valence-electron chi connectivity index (χ4n) is 2.55. The van der Waals surface area contributed by atoms with Crippen LogP contribution in [0.5, 0.6) is 0 Å². The summed E-state index contributed by atoms with van der Waals surface area (Å²) in [6, 6.07) is -1.35. The van der Waals surface area contributed by atoms with Crippen LogP contribution in [0.25, 0.3) is 0 Å². The van der Waals surface area contributed by atoms with Gasteiger partial charge in [-0.15, -0.1) is 0 Å². The third-order valence-corrected chi connectivity index (χ3v) is 3.65. The van der Waals surface area contributed by atoms with Crippen LogP contribution >= 0.6 is 0 Å². The Labute approximate surface area is 104 Å². The minimum atomic E-state index is -4.27. The van der Waals surface area contributed by atoms with Gasteiger partial charge in [-0.3, -0.25) is 10.1 Å². The molecule has 0 saturated heterocycles. The second-order valence-corrected chi connectivity index (χ2v) is 5.29. The Morgan fingerprint density at radius 2 is 1.78 bits per heavy atom. The lowest BCUT2D eigenvalue weighted by Crippen LogP contribution is -2.50. The van der Waals surface area contributed by atoms with E-state index < -0.39 is 12.2 Å². The Kier molecular flexibility index (Phi) is 4.14. The first-order chi connectivity index (χ1) is 8.47. The van der Waals surface area contributed by atoms with Gasteiger partial charge in [0, 0.05) is 6.04 Å². The molecule has 2 aliphatic rings. The van der Waals surface area contributed by atoms with Gasteiger partial charge in [-0.2, -0.15) is 13.2 Å².